The minimum absolute atomic E-state index is 0.166. The number of nitrogens with two attached hydrogens (primary N) is 1. The number of rotatable bonds is 8. The molecule has 0 heterocycles. The van der Waals surface area contributed by atoms with Gasteiger partial charge in [-0.05, 0) is 42.5 Å². The topological polar surface area (TPSA) is 53.7 Å². The molecule has 0 aliphatic heterocycles. The first-order valence-electron chi connectivity index (χ1n) is 7.39. The normalized spacial score (nSPS) is 17.8. The highest BCUT2D eigenvalue weighted by Gasteiger charge is 2.17. The molecule has 1 aliphatic rings. The molecule has 4 nitrogen and oxygen atoms in total. The molecule has 0 spiro atoms. The molecule has 2 N–H and O–H groups in total. The fraction of sp³-hybridized carbons (Fsp3) is 0.625. The van der Waals surface area contributed by atoms with Gasteiger partial charge in [0.05, 0.1) is 19.8 Å². The van der Waals surface area contributed by atoms with Crippen molar-refractivity contribution in [3.8, 4) is 5.75 Å². The van der Waals surface area contributed by atoms with Crippen LogP contribution in [0.3, 0.4) is 0 Å². The van der Waals surface area contributed by atoms with E-state index in [0.29, 0.717) is 26.4 Å². The van der Waals surface area contributed by atoms with Gasteiger partial charge in [-0.2, -0.15) is 0 Å². The molecule has 0 amide bonds. The van der Waals surface area contributed by atoms with Crippen molar-refractivity contribution in [1.29, 1.82) is 0 Å². The molecule has 0 radical (unpaired) electrons. The van der Waals surface area contributed by atoms with E-state index in [1.54, 1.807) is 7.11 Å². The summed E-state index contributed by atoms with van der Waals surface area (Å²) in [4.78, 5) is 0. The van der Waals surface area contributed by atoms with E-state index in [1.165, 1.54) is 17.5 Å². The summed E-state index contributed by atoms with van der Waals surface area (Å²) < 4.78 is 16.1. The Balaban J connectivity index is 1.72. The minimum atomic E-state index is 0.166. The maximum Gasteiger partial charge on any atom is 0.119 e. The maximum atomic E-state index is 6.15. The summed E-state index contributed by atoms with van der Waals surface area (Å²) in [5, 5.41) is 0. The first kappa shape index (κ1) is 15.3. The quantitative estimate of drug-likeness (QED) is 0.743. The number of fused-ring (bicyclic) bond motifs is 1. The van der Waals surface area contributed by atoms with E-state index < -0.39 is 0 Å². The Morgan fingerprint density at radius 1 is 1.20 bits per heavy atom. The maximum absolute atomic E-state index is 6.15. The second kappa shape index (κ2) is 8.25. The van der Waals surface area contributed by atoms with Crippen LogP contribution >= 0.6 is 0 Å². The van der Waals surface area contributed by atoms with E-state index in [-0.39, 0.29) is 6.04 Å². The molecule has 20 heavy (non-hydrogen) atoms. The zero-order chi connectivity index (χ0) is 14.2. The molecule has 1 aliphatic carbocycles. The summed E-state index contributed by atoms with van der Waals surface area (Å²) in [6.45, 7) is 2.66. The van der Waals surface area contributed by atoms with Crippen LogP contribution in [-0.2, 0) is 15.9 Å². The average molecular weight is 279 g/mol. The van der Waals surface area contributed by atoms with Gasteiger partial charge in [-0.1, -0.05) is 6.07 Å². The van der Waals surface area contributed by atoms with E-state index in [1.807, 2.05) is 6.07 Å². The monoisotopic (exact) mass is 279 g/mol. The van der Waals surface area contributed by atoms with Crippen LogP contribution in [0.15, 0.2) is 18.2 Å². The summed E-state index contributed by atoms with van der Waals surface area (Å²) in [5.41, 5.74) is 8.78. The molecule has 2 rings (SSSR count). The van der Waals surface area contributed by atoms with Crippen LogP contribution < -0.4 is 10.5 Å². The third-order valence-corrected chi connectivity index (χ3v) is 3.61. The van der Waals surface area contributed by atoms with Gasteiger partial charge in [0.25, 0.3) is 0 Å². The smallest absolute Gasteiger partial charge is 0.119 e. The number of hydrogen-bond donors (Lipinski definition) is 1. The molecule has 0 saturated carbocycles. The molecule has 1 aromatic carbocycles. The third kappa shape index (κ3) is 4.47. The highest BCUT2D eigenvalue weighted by Crippen LogP contribution is 2.30. The van der Waals surface area contributed by atoms with Gasteiger partial charge in [0.1, 0.15) is 5.75 Å². The van der Waals surface area contributed by atoms with Crippen molar-refractivity contribution >= 4 is 0 Å². The van der Waals surface area contributed by atoms with E-state index in [0.717, 1.165) is 25.0 Å². The van der Waals surface area contributed by atoms with E-state index in [4.69, 9.17) is 19.9 Å². The van der Waals surface area contributed by atoms with Crippen molar-refractivity contribution in [2.45, 2.75) is 31.7 Å². The van der Waals surface area contributed by atoms with Crippen LogP contribution in [0.4, 0.5) is 0 Å². The number of ether oxygens (including phenoxy) is 3. The lowest BCUT2D eigenvalue weighted by molar-refractivity contribution is 0.0644. The van der Waals surface area contributed by atoms with Crippen molar-refractivity contribution < 1.29 is 14.2 Å². The number of benzene rings is 1. The summed E-state index contributed by atoms with van der Waals surface area (Å²) in [7, 11) is 1.67. The van der Waals surface area contributed by atoms with Crippen LogP contribution in [0.2, 0.25) is 0 Å². The molecular weight excluding hydrogens is 254 g/mol. The number of aryl methyl sites for hydroxylation is 1. The molecule has 0 aromatic heterocycles. The summed E-state index contributed by atoms with van der Waals surface area (Å²) >= 11 is 0. The van der Waals surface area contributed by atoms with Crippen LogP contribution in [0.1, 0.15) is 36.4 Å². The van der Waals surface area contributed by atoms with Gasteiger partial charge in [0, 0.05) is 26.2 Å². The fourth-order valence-corrected chi connectivity index (χ4v) is 2.50. The Morgan fingerprint density at radius 3 is 2.95 bits per heavy atom. The molecule has 1 unspecified atom stereocenters. The lowest BCUT2D eigenvalue weighted by Gasteiger charge is -2.22. The molecule has 1 aromatic rings. The van der Waals surface area contributed by atoms with E-state index in [2.05, 4.69) is 12.1 Å². The number of hydrogen-bond acceptors (Lipinski definition) is 4. The Hall–Kier alpha value is -1.10. The standard InChI is InChI=1S/C16H25NO3/c1-18-10-11-19-8-3-9-20-14-7-6-13-4-2-5-16(17)15(13)12-14/h6-7,12,16H,2-5,8-11,17H2,1H3. The van der Waals surface area contributed by atoms with Crippen molar-refractivity contribution in [3.63, 3.8) is 0 Å². The van der Waals surface area contributed by atoms with Gasteiger partial charge >= 0.3 is 0 Å². The lowest BCUT2D eigenvalue weighted by Crippen LogP contribution is -2.17. The largest absolute Gasteiger partial charge is 0.493 e. The Kier molecular flexibility index (Phi) is 6.30. The molecule has 1 atom stereocenters. The van der Waals surface area contributed by atoms with Gasteiger partial charge in [-0.15, -0.1) is 0 Å². The SMILES string of the molecule is COCCOCCCOc1ccc2c(c1)C(N)CCC2. The zero-order valence-corrected chi connectivity index (χ0v) is 12.3. The first-order chi connectivity index (χ1) is 9.81. The van der Waals surface area contributed by atoms with Gasteiger partial charge in [-0.25, -0.2) is 0 Å². The predicted octanol–water partition coefficient (Wildman–Crippen LogP) is 2.45. The molecular formula is C16H25NO3. The predicted molar refractivity (Wildman–Crippen MR) is 79.1 cm³/mol. The Bertz CT molecular complexity index is 409. The zero-order valence-electron chi connectivity index (χ0n) is 12.3. The minimum Gasteiger partial charge on any atom is -0.493 e. The van der Waals surface area contributed by atoms with E-state index in [9.17, 15) is 0 Å². The van der Waals surface area contributed by atoms with Crippen molar-refractivity contribution in [2.75, 3.05) is 33.5 Å². The lowest BCUT2D eigenvalue weighted by atomic mass is 9.88. The van der Waals surface area contributed by atoms with Gasteiger partial charge in [0.2, 0.25) is 0 Å². The molecule has 112 valence electrons. The average Bonchev–Trinajstić information content (AvgIpc) is 2.47. The van der Waals surface area contributed by atoms with Crippen molar-refractivity contribution in [2.24, 2.45) is 5.73 Å². The number of methoxy groups -OCH3 is 1. The van der Waals surface area contributed by atoms with Gasteiger partial charge < -0.3 is 19.9 Å². The van der Waals surface area contributed by atoms with Gasteiger partial charge in [-0.3, -0.25) is 0 Å². The van der Waals surface area contributed by atoms with Crippen LogP contribution in [0.25, 0.3) is 0 Å². The first-order valence-corrected chi connectivity index (χ1v) is 7.39. The van der Waals surface area contributed by atoms with Crippen LogP contribution in [-0.4, -0.2) is 33.5 Å². The third-order valence-electron chi connectivity index (χ3n) is 3.61. The summed E-state index contributed by atoms with van der Waals surface area (Å²) in [6, 6.07) is 6.46. The Labute approximate surface area is 121 Å². The van der Waals surface area contributed by atoms with Crippen molar-refractivity contribution in [1.82, 2.24) is 0 Å². The molecule has 4 heteroatoms. The van der Waals surface area contributed by atoms with Gasteiger partial charge in [0.15, 0.2) is 0 Å². The second-order valence-corrected chi connectivity index (χ2v) is 5.17. The second-order valence-electron chi connectivity index (χ2n) is 5.17. The van der Waals surface area contributed by atoms with Crippen LogP contribution in [0, 0.1) is 0 Å². The Morgan fingerprint density at radius 2 is 2.10 bits per heavy atom. The molecule has 0 saturated heterocycles. The molecule has 0 fully saturated rings. The highest BCUT2D eigenvalue weighted by atomic mass is 16.5. The van der Waals surface area contributed by atoms with E-state index >= 15 is 0 Å². The summed E-state index contributed by atoms with van der Waals surface area (Å²) in [5.74, 6) is 0.915. The highest BCUT2D eigenvalue weighted by molar-refractivity contribution is 5.39. The fourth-order valence-electron chi connectivity index (χ4n) is 2.50. The summed E-state index contributed by atoms with van der Waals surface area (Å²) in [6.07, 6.45) is 4.28. The van der Waals surface area contributed by atoms with Crippen LogP contribution in [0.5, 0.6) is 5.75 Å². The molecule has 0 bridgehead atoms. The van der Waals surface area contributed by atoms with Crippen molar-refractivity contribution in [3.05, 3.63) is 29.3 Å².